The minimum absolute atomic E-state index is 0.114. The molecule has 1 fully saturated rings. The van der Waals surface area contributed by atoms with Crippen molar-refractivity contribution in [1.29, 1.82) is 0 Å². The Hall–Kier alpha value is -2.96. The number of aryl methyl sites for hydroxylation is 1. The van der Waals surface area contributed by atoms with Crippen LogP contribution in [0.25, 0.3) is 0 Å². The van der Waals surface area contributed by atoms with Crippen LogP contribution in [0.15, 0.2) is 24.5 Å². The summed E-state index contributed by atoms with van der Waals surface area (Å²) in [5.41, 5.74) is 3.25. The van der Waals surface area contributed by atoms with Gasteiger partial charge >= 0.3 is 5.97 Å². The van der Waals surface area contributed by atoms with E-state index >= 15 is 0 Å². The van der Waals surface area contributed by atoms with Crippen molar-refractivity contribution >= 4 is 11.9 Å². The molecule has 0 bridgehead atoms. The van der Waals surface area contributed by atoms with Gasteiger partial charge in [-0.3, -0.25) is 4.79 Å². The second-order valence-electron chi connectivity index (χ2n) is 7.99. The minimum Gasteiger partial charge on any atom is -0.474 e. The number of carbonyl (C=O) groups excluding carboxylic acids is 2. The Morgan fingerprint density at radius 3 is 2.80 bits per heavy atom. The number of carbonyl (C=O) groups is 2. The van der Waals surface area contributed by atoms with Crippen molar-refractivity contribution in [3.05, 3.63) is 52.5 Å². The third kappa shape index (κ3) is 3.76. The number of amides is 1. The van der Waals surface area contributed by atoms with Gasteiger partial charge in [-0.25, -0.2) is 14.8 Å². The molecule has 7 nitrogen and oxygen atoms in total. The molecule has 7 heteroatoms. The average molecular weight is 409 g/mol. The summed E-state index contributed by atoms with van der Waals surface area (Å²) in [7, 11) is 0. The van der Waals surface area contributed by atoms with Crippen molar-refractivity contribution in [2.24, 2.45) is 0 Å². The van der Waals surface area contributed by atoms with Crippen molar-refractivity contribution in [1.82, 2.24) is 14.9 Å². The molecule has 1 atom stereocenters. The first kappa shape index (κ1) is 20.3. The molecule has 0 spiro atoms. The summed E-state index contributed by atoms with van der Waals surface area (Å²) >= 11 is 0. The summed E-state index contributed by atoms with van der Waals surface area (Å²) in [6, 6.07) is 3.49. The van der Waals surface area contributed by atoms with E-state index in [0.717, 1.165) is 30.4 Å². The molecule has 4 rings (SSSR count). The van der Waals surface area contributed by atoms with Gasteiger partial charge in [-0.15, -0.1) is 0 Å². The predicted molar refractivity (Wildman–Crippen MR) is 110 cm³/mol. The molecule has 0 N–H and O–H groups in total. The number of nitrogens with zero attached hydrogens (tertiary/aromatic N) is 3. The van der Waals surface area contributed by atoms with E-state index in [2.05, 4.69) is 9.97 Å². The lowest BCUT2D eigenvalue weighted by atomic mass is 9.96. The van der Waals surface area contributed by atoms with Crippen LogP contribution in [0, 0.1) is 6.92 Å². The molecular formula is C23H27N3O4. The monoisotopic (exact) mass is 409 g/mol. The van der Waals surface area contributed by atoms with E-state index in [1.165, 1.54) is 12.6 Å². The lowest BCUT2D eigenvalue weighted by molar-refractivity contribution is 0.0494. The molecule has 1 unspecified atom stereocenters. The van der Waals surface area contributed by atoms with E-state index in [-0.39, 0.29) is 23.7 Å². The number of rotatable bonds is 7. The molecule has 158 valence electrons. The predicted octanol–water partition coefficient (Wildman–Crippen LogP) is 4.00. The van der Waals surface area contributed by atoms with Crippen LogP contribution in [0.3, 0.4) is 0 Å². The van der Waals surface area contributed by atoms with Gasteiger partial charge in [0, 0.05) is 35.6 Å². The van der Waals surface area contributed by atoms with Gasteiger partial charge in [0.25, 0.3) is 5.91 Å². The number of esters is 1. The molecule has 0 radical (unpaired) electrons. The van der Waals surface area contributed by atoms with Gasteiger partial charge in [-0.05, 0) is 57.2 Å². The van der Waals surface area contributed by atoms with Crippen LogP contribution in [0.4, 0.5) is 0 Å². The van der Waals surface area contributed by atoms with Crippen LogP contribution in [0.5, 0.6) is 5.88 Å². The largest absolute Gasteiger partial charge is 0.474 e. The number of hydrogen-bond acceptors (Lipinski definition) is 6. The summed E-state index contributed by atoms with van der Waals surface area (Å²) < 4.78 is 11.2. The molecule has 1 amide bonds. The van der Waals surface area contributed by atoms with Gasteiger partial charge in [0.15, 0.2) is 5.69 Å². The summed E-state index contributed by atoms with van der Waals surface area (Å²) in [4.78, 5) is 35.9. The Balaban J connectivity index is 1.53. The van der Waals surface area contributed by atoms with Gasteiger partial charge < -0.3 is 14.4 Å². The van der Waals surface area contributed by atoms with Crippen molar-refractivity contribution in [3.8, 4) is 5.88 Å². The molecule has 2 aliphatic rings. The second-order valence-corrected chi connectivity index (χ2v) is 7.99. The summed E-state index contributed by atoms with van der Waals surface area (Å²) in [5, 5.41) is 0. The van der Waals surface area contributed by atoms with Crippen molar-refractivity contribution in [2.75, 3.05) is 6.61 Å². The first-order chi connectivity index (χ1) is 14.5. The maximum Gasteiger partial charge on any atom is 0.357 e. The number of pyridine rings is 2. The zero-order chi connectivity index (χ0) is 21.3. The molecule has 1 saturated carbocycles. The summed E-state index contributed by atoms with van der Waals surface area (Å²) in [5.74, 6) is 0.0692. The molecule has 30 heavy (non-hydrogen) atoms. The van der Waals surface area contributed by atoms with Gasteiger partial charge in [0.1, 0.15) is 6.10 Å². The molecule has 0 saturated heterocycles. The van der Waals surface area contributed by atoms with Crippen LogP contribution in [0.1, 0.15) is 83.1 Å². The van der Waals surface area contributed by atoms with E-state index in [4.69, 9.17) is 9.47 Å². The van der Waals surface area contributed by atoms with E-state index in [0.29, 0.717) is 30.2 Å². The molecular weight excluding hydrogens is 382 g/mol. The van der Waals surface area contributed by atoms with Crippen LogP contribution < -0.4 is 4.74 Å². The smallest absolute Gasteiger partial charge is 0.357 e. The molecule has 2 aromatic rings. The van der Waals surface area contributed by atoms with E-state index in [9.17, 15) is 9.59 Å². The SMILES string of the molecule is CCCOC(=O)c1nccc2c1CN(C(C)c1cnc(OC3CCC3)c(C)c1)C2=O. The van der Waals surface area contributed by atoms with Crippen LogP contribution >= 0.6 is 0 Å². The lowest BCUT2D eigenvalue weighted by Gasteiger charge is -2.28. The normalized spacial score (nSPS) is 16.8. The van der Waals surface area contributed by atoms with Gasteiger partial charge in [-0.2, -0.15) is 0 Å². The first-order valence-electron chi connectivity index (χ1n) is 10.6. The van der Waals surface area contributed by atoms with E-state index < -0.39 is 5.97 Å². The van der Waals surface area contributed by atoms with Crippen LogP contribution in [-0.4, -0.2) is 39.5 Å². The van der Waals surface area contributed by atoms with Crippen LogP contribution in [0.2, 0.25) is 0 Å². The van der Waals surface area contributed by atoms with Gasteiger partial charge in [0.05, 0.1) is 12.6 Å². The maximum absolute atomic E-state index is 13.0. The highest BCUT2D eigenvalue weighted by Gasteiger charge is 2.35. The summed E-state index contributed by atoms with van der Waals surface area (Å²) in [6.07, 6.45) is 7.64. The minimum atomic E-state index is -0.481. The van der Waals surface area contributed by atoms with Crippen molar-refractivity contribution in [2.45, 2.75) is 65.1 Å². The van der Waals surface area contributed by atoms with Crippen molar-refractivity contribution < 1.29 is 19.1 Å². The standard InChI is InChI=1S/C23H27N3O4/c1-4-10-29-23(28)20-19-13-26(22(27)18(19)8-9-24-20)15(3)16-11-14(2)21(25-12-16)30-17-6-5-7-17/h8-9,11-12,15,17H,4-7,10,13H2,1-3H3. The topological polar surface area (TPSA) is 81.6 Å². The summed E-state index contributed by atoms with van der Waals surface area (Å²) in [6.45, 7) is 6.53. The fourth-order valence-electron chi connectivity index (χ4n) is 3.76. The first-order valence-corrected chi connectivity index (χ1v) is 10.6. The molecule has 3 heterocycles. The van der Waals surface area contributed by atoms with Gasteiger partial charge in [0.2, 0.25) is 5.88 Å². The van der Waals surface area contributed by atoms with Crippen LogP contribution in [-0.2, 0) is 11.3 Å². The number of ether oxygens (including phenoxy) is 2. The Bertz CT molecular complexity index is 971. The lowest BCUT2D eigenvalue weighted by Crippen LogP contribution is -2.28. The van der Waals surface area contributed by atoms with E-state index in [1.54, 1.807) is 17.2 Å². The zero-order valence-corrected chi connectivity index (χ0v) is 17.7. The fourth-order valence-corrected chi connectivity index (χ4v) is 3.76. The highest BCUT2D eigenvalue weighted by atomic mass is 16.5. The second kappa shape index (κ2) is 8.42. The Morgan fingerprint density at radius 2 is 2.13 bits per heavy atom. The highest BCUT2D eigenvalue weighted by molar-refractivity contribution is 6.02. The number of hydrogen-bond donors (Lipinski definition) is 0. The van der Waals surface area contributed by atoms with Gasteiger partial charge in [-0.1, -0.05) is 6.92 Å². The Labute approximate surface area is 176 Å². The third-order valence-corrected chi connectivity index (χ3v) is 5.84. The Morgan fingerprint density at radius 1 is 1.33 bits per heavy atom. The Kier molecular flexibility index (Phi) is 5.70. The average Bonchev–Trinajstić information content (AvgIpc) is 3.06. The van der Waals surface area contributed by atoms with E-state index in [1.807, 2.05) is 26.8 Å². The fraction of sp³-hybridized carbons (Fsp3) is 0.478. The highest BCUT2D eigenvalue weighted by Crippen LogP contribution is 2.34. The quantitative estimate of drug-likeness (QED) is 0.643. The molecule has 1 aliphatic carbocycles. The molecule has 2 aromatic heterocycles. The maximum atomic E-state index is 13.0. The number of aromatic nitrogens is 2. The zero-order valence-electron chi connectivity index (χ0n) is 17.7. The third-order valence-electron chi connectivity index (χ3n) is 5.84. The van der Waals surface area contributed by atoms with Crippen molar-refractivity contribution in [3.63, 3.8) is 0 Å². The molecule has 0 aromatic carbocycles. The number of fused-ring (bicyclic) bond motifs is 1. The molecule has 1 aliphatic heterocycles.